The lowest BCUT2D eigenvalue weighted by molar-refractivity contribution is -0.128. The first-order valence-electron chi connectivity index (χ1n) is 10.6. The molecule has 1 saturated heterocycles. The Balaban J connectivity index is 1.75. The van der Waals surface area contributed by atoms with Crippen LogP contribution in [0.2, 0.25) is 5.02 Å². The number of nitrogens with zero attached hydrogens (tertiary/aromatic N) is 2. The van der Waals surface area contributed by atoms with Crippen LogP contribution >= 0.6 is 23.4 Å². The summed E-state index contributed by atoms with van der Waals surface area (Å²) in [7, 11) is 3.10. The van der Waals surface area contributed by atoms with Crippen molar-refractivity contribution in [3.05, 3.63) is 53.1 Å². The monoisotopic (exact) mass is 489 g/mol. The number of anilines is 1. The van der Waals surface area contributed by atoms with Crippen molar-refractivity contribution in [2.75, 3.05) is 32.7 Å². The van der Waals surface area contributed by atoms with Gasteiger partial charge in [-0.25, -0.2) is 4.99 Å². The second-order valence-electron chi connectivity index (χ2n) is 7.83. The number of rotatable bonds is 9. The van der Waals surface area contributed by atoms with Crippen LogP contribution in [0, 0.1) is 0 Å². The van der Waals surface area contributed by atoms with Gasteiger partial charge in [-0.05, 0) is 41.8 Å². The van der Waals surface area contributed by atoms with Gasteiger partial charge in [-0.15, -0.1) is 0 Å². The zero-order valence-electron chi connectivity index (χ0n) is 19.1. The fourth-order valence-corrected chi connectivity index (χ4v) is 4.66. The standard InChI is InChI=1S/C24H28ClN3O4S/c1-15(2)16-5-8-18(9-6-16)26-24-28(11-12-31-3)23(30)21(33-24)14-22(29)27-19-13-17(25)7-10-20(19)32-4/h5-10,13,15,21H,11-12,14H2,1-4H3,(H,27,29). The van der Waals surface area contributed by atoms with E-state index in [0.29, 0.717) is 40.7 Å². The van der Waals surface area contributed by atoms with Crippen molar-refractivity contribution >= 4 is 51.7 Å². The van der Waals surface area contributed by atoms with Crippen molar-refractivity contribution in [1.29, 1.82) is 0 Å². The van der Waals surface area contributed by atoms with Crippen LogP contribution in [-0.2, 0) is 14.3 Å². The van der Waals surface area contributed by atoms with Crippen molar-refractivity contribution in [1.82, 2.24) is 4.90 Å². The van der Waals surface area contributed by atoms with Crippen LogP contribution in [0.25, 0.3) is 0 Å². The van der Waals surface area contributed by atoms with Gasteiger partial charge in [0.15, 0.2) is 5.17 Å². The normalized spacial score (nSPS) is 17.2. The summed E-state index contributed by atoms with van der Waals surface area (Å²) in [6.07, 6.45) is -0.00600. The van der Waals surface area contributed by atoms with Gasteiger partial charge in [-0.3, -0.25) is 14.5 Å². The Labute approximate surface area is 203 Å². The molecule has 0 bridgehead atoms. The maximum Gasteiger partial charge on any atom is 0.242 e. The topological polar surface area (TPSA) is 80.2 Å². The highest BCUT2D eigenvalue weighted by atomic mass is 35.5. The van der Waals surface area contributed by atoms with Gasteiger partial charge in [0.1, 0.15) is 11.0 Å². The van der Waals surface area contributed by atoms with Crippen molar-refractivity contribution in [3.8, 4) is 5.75 Å². The molecule has 1 heterocycles. The van der Waals surface area contributed by atoms with Gasteiger partial charge < -0.3 is 14.8 Å². The lowest BCUT2D eigenvalue weighted by Gasteiger charge is -2.16. The number of hydrogen-bond donors (Lipinski definition) is 1. The summed E-state index contributed by atoms with van der Waals surface area (Å²) >= 11 is 7.33. The third kappa shape index (κ3) is 6.50. The largest absolute Gasteiger partial charge is 0.495 e. The maximum atomic E-state index is 13.1. The third-order valence-electron chi connectivity index (χ3n) is 5.13. The molecule has 7 nitrogen and oxygen atoms in total. The summed E-state index contributed by atoms with van der Waals surface area (Å²) in [5, 5.41) is 3.25. The lowest BCUT2D eigenvalue weighted by Crippen LogP contribution is -2.35. The number of methoxy groups -OCH3 is 2. The summed E-state index contributed by atoms with van der Waals surface area (Å²) in [6.45, 7) is 5.00. The summed E-state index contributed by atoms with van der Waals surface area (Å²) in [5.74, 6) is 0.443. The second-order valence-corrected chi connectivity index (χ2v) is 9.43. The summed E-state index contributed by atoms with van der Waals surface area (Å²) in [5.41, 5.74) is 2.43. The molecule has 9 heteroatoms. The number of amides is 2. The Kier molecular flexibility index (Phi) is 8.77. The van der Waals surface area contributed by atoms with Crippen LogP contribution < -0.4 is 10.1 Å². The van der Waals surface area contributed by atoms with E-state index in [2.05, 4.69) is 24.2 Å². The number of ether oxygens (including phenoxy) is 2. The first-order chi connectivity index (χ1) is 15.8. The smallest absolute Gasteiger partial charge is 0.242 e. The van der Waals surface area contributed by atoms with E-state index < -0.39 is 5.25 Å². The number of aliphatic imine (C=N–C) groups is 1. The average Bonchev–Trinajstić information content (AvgIpc) is 3.06. The zero-order valence-corrected chi connectivity index (χ0v) is 20.7. The molecule has 2 aromatic rings. The van der Waals surface area contributed by atoms with Crippen molar-refractivity contribution < 1.29 is 19.1 Å². The molecule has 1 fully saturated rings. The van der Waals surface area contributed by atoms with Gasteiger partial charge in [0.25, 0.3) is 0 Å². The first kappa shape index (κ1) is 25.1. The first-order valence-corrected chi connectivity index (χ1v) is 11.9. The highest BCUT2D eigenvalue weighted by Gasteiger charge is 2.39. The van der Waals surface area contributed by atoms with Gasteiger partial charge in [0.2, 0.25) is 11.8 Å². The Hall–Kier alpha value is -2.55. The molecular formula is C24H28ClN3O4S. The minimum absolute atomic E-state index is 0.00600. The molecule has 33 heavy (non-hydrogen) atoms. The van der Waals surface area contributed by atoms with Crippen LogP contribution in [0.15, 0.2) is 47.5 Å². The molecule has 2 aromatic carbocycles. The van der Waals surface area contributed by atoms with E-state index in [0.717, 1.165) is 5.69 Å². The number of hydrogen-bond acceptors (Lipinski definition) is 6. The highest BCUT2D eigenvalue weighted by Crippen LogP contribution is 2.33. The molecule has 1 unspecified atom stereocenters. The predicted molar refractivity (Wildman–Crippen MR) is 134 cm³/mol. The van der Waals surface area contributed by atoms with Gasteiger partial charge in [-0.2, -0.15) is 0 Å². The number of nitrogens with one attached hydrogen (secondary N) is 1. The van der Waals surface area contributed by atoms with E-state index in [1.165, 1.54) is 24.4 Å². The molecule has 1 aliphatic heterocycles. The molecule has 0 saturated carbocycles. The van der Waals surface area contributed by atoms with Crippen LogP contribution in [0.3, 0.4) is 0 Å². The SMILES string of the molecule is COCCN1C(=O)C(CC(=O)Nc2cc(Cl)ccc2OC)SC1=Nc1ccc(C(C)C)cc1. The molecule has 1 N–H and O–H groups in total. The van der Waals surface area contributed by atoms with E-state index in [1.807, 2.05) is 24.3 Å². The molecule has 1 atom stereocenters. The van der Waals surface area contributed by atoms with Crippen LogP contribution in [0.4, 0.5) is 11.4 Å². The Morgan fingerprint density at radius 1 is 1.21 bits per heavy atom. The Morgan fingerprint density at radius 2 is 1.94 bits per heavy atom. The highest BCUT2D eigenvalue weighted by molar-refractivity contribution is 8.15. The Bertz CT molecular complexity index is 1030. The van der Waals surface area contributed by atoms with E-state index in [4.69, 9.17) is 21.1 Å². The van der Waals surface area contributed by atoms with Crippen LogP contribution in [0.5, 0.6) is 5.75 Å². The second kappa shape index (κ2) is 11.5. The van der Waals surface area contributed by atoms with Crippen molar-refractivity contribution in [3.63, 3.8) is 0 Å². The van der Waals surface area contributed by atoms with Gasteiger partial charge in [0.05, 0.1) is 31.6 Å². The lowest BCUT2D eigenvalue weighted by atomic mass is 10.0. The quantitative estimate of drug-likeness (QED) is 0.531. The maximum absolute atomic E-state index is 13.1. The van der Waals surface area contributed by atoms with E-state index in [-0.39, 0.29) is 18.2 Å². The van der Waals surface area contributed by atoms with E-state index >= 15 is 0 Å². The number of amidine groups is 1. The predicted octanol–water partition coefficient (Wildman–Crippen LogP) is 5.08. The van der Waals surface area contributed by atoms with E-state index in [9.17, 15) is 9.59 Å². The number of halogens is 1. The van der Waals surface area contributed by atoms with Gasteiger partial charge in [-0.1, -0.05) is 49.3 Å². The fourth-order valence-electron chi connectivity index (χ4n) is 3.31. The molecule has 0 aliphatic carbocycles. The molecule has 0 radical (unpaired) electrons. The van der Waals surface area contributed by atoms with Crippen molar-refractivity contribution in [2.24, 2.45) is 4.99 Å². The van der Waals surface area contributed by atoms with Crippen molar-refractivity contribution in [2.45, 2.75) is 31.4 Å². The minimum Gasteiger partial charge on any atom is -0.495 e. The van der Waals surface area contributed by atoms with E-state index in [1.54, 1.807) is 30.2 Å². The molecule has 0 spiro atoms. The molecule has 1 aliphatic rings. The van der Waals surface area contributed by atoms with Crippen LogP contribution in [0.1, 0.15) is 31.7 Å². The number of benzene rings is 2. The van der Waals surface area contributed by atoms with Gasteiger partial charge >= 0.3 is 0 Å². The number of carbonyl (C=O) groups is 2. The van der Waals surface area contributed by atoms with Crippen LogP contribution in [-0.4, -0.2) is 54.5 Å². The summed E-state index contributed by atoms with van der Waals surface area (Å²) in [6, 6.07) is 12.9. The number of thioether (sulfide) groups is 1. The third-order valence-corrected chi connectivity index (χ3v) is 6.54. The van der Waals surface area contributed by atoms with Gasteiger partial charge in [0, 0.05) is 18.6 Å². The molecule has 3 rings (SSSR count). The molecular weight excluding hydrogens is 462 g/mol. The molecule has 0 aromatic heterocycles. The molecule has 2 amide bonds. The summed E-state index contributed by atoms with van der Waals surface area (Å²) < 4.78 is 10.4. The summed E-state index contributed by atoms with van der Waals surface area (Å²) in [4.78, 5) is 32.1. The number of carbonyl (C=O) groups excluding carboxylic acids is 2. The minimum atomic E-state index is -0.583. The zero-order chi connectivity index (χ0) is 24.0. The fraction of sp³-hybridized carbons (Fsp3) is 0.375. The average molecular weight is 490 g/mol. The Morgan fingerprint density at radius 3 is 2.58 bits per heavy atom. The molecule has 176 valence electrons.